The highest BCUT2D eigenvalue weighted by molar-refractivity contribution is 9.10. The summed E-state index contributed by atoms with van der Waals surface area (Å²) in [5, 5.41) is 19.2. The van der Waals surface area contributed by atoms with E-state index in [1.54, 1.807) is 19.1 Å². The Balaban J connectivity index is 2.70. The largest absolute Gasteiger partial charge is 0.491 e. The van der Waals surface area contributed by atoms with Gasteiger partial charge < -0.3 is 14.9 Å². The first-order valence-electron chi connectivity index (χ1n) is 5.61. The Morgan fingerprint density at radius 3 is 2.59 bits per heavy atom. The SMILES string of the molecule is CC(C)C(C)(O)COc1ccc(Br)c(CO)c1. The van der Waals surface area contributed by atoms with Crippen molar-refractivity contribution in [3.63, 3.8) is 0 Å². The van der Waals surface area contributed by atoms with Crippen LogP contribution in [-0.2, 0) is 6.61 Å². The predicted octanol–water partition coefficient (Wildman–Crippen LogP) is 2.73. The molecular formula is C13H19BrO3. The number of rotatable bonds is 5. The maximum atomic E-state index is 10.1. The van der Waals surface area contributed by atoms with Gasteiger partial charge >= 0.3 is 0 Å². The molecule has 0 amide bonds. The first kappa shape index (κ1) is 14.5. The van der Waals surface area contributed by atoms with Crippen LogP contribution in [0.1, 0.15) is 26.3 Å². The van der Waals surface area contributed by atoms with Crippen LogP contribution in [0.2, 0.25) is 0 Å². The normalized spacial score (nSPS) is 14.8. The van der Waals surface area contributed by atoms with E-state index in [1.807, 2.05) is 19.9 Å². The summed E-state index contributed by atoms with van der Waals surface area (Å²) >= 11 is 3.34. The van der Waals surface area contributed by atoms with Gasteiger partial charge in [0.05, 0.1) is 12.2 Å². The van der Waals surface area contributed by atoms with Gasteiger partial charge in [-0.15, -0.1) is 0 Å². The molecule has 0 saturated carbocycles. The zero-order chi connectivity index (χ0) is 13.1. The van der Waals surface area contributed by atoms with Crippen LogP contribution in [0.4, 0.5) is 0 Å². The molecule has 3 nitrogen and oxygen atoms in total. The Morgan fingerprint density at radius 1 is 1.41 bits per heavy atom. The lowest BCUT2D eigenvalue weighted by Crippen LogP contribution is -2.37. The standard InChI is InChI=1S/C13H19BrO3/c1-9(2)13(3,16)8-17-11-4-5-12(14)10(6-11)7-15/h4-6,9,15-16H,7-8H2,1-3H3. The summed E-state index contributed by atoms with van der Waals surface area (Å²) in [6.45, 7) is 5.84. The Bertz CT molecular complexity index is 375. The first-order chi connectivity index (χ1) is 7.86. The molecule has 1 aromatic rings. The molecule has 0 aliphatic heterocycles. The fraction of sp³-hybridized carbons (Fsp3) is 0.538. The van der Waals surface area contributed by atoms with Crippen molar-refractivity contribution in [3.8, 4) is 5.75 Å². The third-order valence-corrected chi connectivity index (χ3v) is 3.74. The molecule has 1 unspecified atom stereocenters. The fourth-order valence-electron chi connectivity index (χ4n) is 1.16. The van der Waals surface area contributed by atoms with Crippen molar-refractivity contribution in [2.75, 3.05) is 6.61 Å². The molecule has 0 radical (unpaired) electrons. The summed E-state index contributed by atoms with van der Waals surface area (Å²) in [7, 11) is 0. The Hall–Kier alpha value is -0.580. The van der Waals surface area contributed by atoms with Crippen molar-refractivity contribution in [2.24, 2.45) is 5.92 Å². The van der Waals surface area contributed by atoms with Gasteiger partial charge in [-0.05, 0) is 36.6 Å². The fourth-order valence-corrected chi connectivity index (χ4v) is 1.53. The highest BCUT2D eigenvalue weighted by Crippen LogP contribution is 2.24. The van der Waals surface area contributed by atoms with Gasteiger partial charge in [0.1, 0.15) is 12.4 Å². The van der Waals surface area contributed by atoms with Crippen molar-refractivity contribution in [2.45, 2.75) is 33.0 Å². The summed E-state index contributed by atoms with van der Waals surface area (Å²) in [4.78, 5) is 0. The second kappa shape index (κ2) is 5.85. The summed E-state index contributed by atoms with van der Waals surface area (Å²) in [5.74, 6) is 0.772. The Morgan fingerprint density at radius 2 is 2.06 bits per heavy atom. The molecule has 1 atom stereocenters. The van der Waals surface area contributed by atoms with Crippen LogP contribution in [0.3, 0.4) is 0 Å². The smallest absolute Gasteiger partial charge is 0.119 e. The lowest BCUT2D eigenvalue weighted by molar-refractivity contribution is -0.0266. The molecule has 0 spiro atoms. The predicted molar refractivity (Wildman–Crippen MR) is 71.0 cm³/mol. The van der Waals surface area contributed by atoms with E-state index in [-0.39, 0.29) is 19.1 Å². The zero-order valence-electron chi connectivity index (χ0n) is 10.4. The van der Waals surface area contributed by atoms with E-state index in [1.165, 1.54) is 0 Å². The van der Waals surface area contributed by atoms with E-state index >= 15 is 0 Å². The van der Waals surface area contributed by atoms with Crippen LogP contribution < -0.4 is 4.74 Å². The van der Waals surface area contributed by atoms with E-state index in [9.17, 15) is 5.11 Å². The summed E-state index contributed by atoms with van der Waals surface area (Å²) in [5.41, 5.74) is -0.0846. The van der Waals surface area contributed by atoms with E-state index in [0.29, 0.717) is 5.75 Å². The van der Waals surface area contributed by atoms with Gasteiger partial charge in [-0.25, -0.2) is 0 Å². The minimum absolute atomic E-state index is 0.0433. The van der Waals surface area contributed by atoms with Crippen molar-refractivity contribution in [1.29, 1.82) is 0 Å². The van der Waals surface area contributed by atoms with E-state index in [0.717, 1.165) is 10.0 Å². The van der Waals surface area contributed by atoms with Crippen LogP contribution in [-0.4, -0.2) is 22.4 Å². The van der Waals surface area contributed by atoms with Crippen LogP contribution in [0, 0.1) is 5.92 Å². The second-order valence-electron chi connectivity index (χ2n) is 4.71. The van der Waals surface area contributed by atoms with Crippen molar-refractivity contribution >= 4 is 15.9 Å². The van der Waals surface area contributed by atoms with Crippen molar-refractivity contribution < 1.29 is 14.9 Å². The van der Waals surface area contributed by atoms with Gasteiger partial charge in [0.2, 0.25) is 0 Å². The van der Waals surface area contributed by atoms with Crippen LogP contribution in [0.15, 0.2) is 22.7 Å². The molecule has 0 saturated heterocycles. The molecule has 0 aliphatic carbocycles. The van der Waals surface area contributed by atoms with E-state index in [4.69, 9.17) is 9.84 Å². The quantitative estimate of drug-likeness (QED) is 0.879. The molecule has 1 aromatic carbocycles. The number of hydrogen-bond acceptors (Lipinski definition) is 3. The number of ether oxygens (including phenoxy) is 1. The average Bonchev–Trinajstić information content (AvgIpc) is 2.28. The third kappa shape index (κ3) is 3.98. The molecule has 2 N–H and O–H groups in total. The molecule has 0 aliphatic rings. The molecule has 0 aromatic heterocycles. The van der Waals surface area contributed by atoms with Crippen LogP contribution in [0.5, 0.6) is 5.75 Å². The highest BCUT2D eigenvalue weighted by atomic mass is 79.9. The van der Waals surface area contributed by atoms with Crippen LogP contribution in [0.25, 0.3) is 0 Å². The second-order valence-corrected chi connectivity index (χ2v) is 5.57. The maximum Gasteiger partial charge on any atom is 0.119 e. The number of aliphatic hydroxyl groups excluding tert-OH is 1. The topological polar surface area (TPSA) is 49.7 Å². The molecular weight excluding hydrogens is 284 g/mol. The number of hydrogen-bond donors (Lipinski definition) is 2. The molecule has 0 bridgehead atoms. The van der Waals surface area contributed by atoms with Gasteiger partial charge in [0, 0.05) is 4.47 Å². The Kier molecular flexibility index (Phi) is 4.98. The van der Waals surface area contributed by atoms with Gasteiger partial charge in [-0.3, -0.25) is 0 Å². The van der Waals surface area contributed by atoms with E-state index < -0.39 is 5.60 Å². The van der Waals surface area contributed by atoms with Crippen molar-refractivity contribution in [3.05, 3.63) is 28.2 Å². The Labute approximate surface area is 111 Å². The number of halogens is 1. The van der Waals surface area contributed by atoms with Gasteiger partial charge in [-0.1, -0.05) is 29.8 Å². The lowest BCUT2D eigenvalue weighted by atomic mass is 9.94. The van der Waals surface area contributed by atoms with Gasteiger partial charge in [-0.2, -0.15) is 0 Å². The first-order valence-corrected chi connectivity index (χ1v) is 6.40. The lowest BCUT2D eigenvalue weighted by Gasteiger charge is -2.27. The minimum atomic E-state index is -0.855. The third-order valence-electron chi connectivity index (χ3n) is 2.96. The molecule has 4 heteroatoms. The van der Waals surface area contributed by atoms with E-state index in [2.05, 4.69) is 15.9 Å². The van der Waals surface area contributed by atoms with Crippen LogP contribution >= 0.6 is 15.9 Å². The minimum Gasteiger partial charge on any atom is -0.491 e. The van der Waals surface area contributed by atoms with Gasteiger partial charge in [0.15, 0.2) is 0 Å². The molecule has 0 fully saturated rings. The highest BCUT2D eigenvalue weighted by Gasteiger charge is 2.25. The maximum absolute atomic E-state index is 10.1. The summed E-state index contributed by atoms with van der Waals surface area (Å²) in [6.07, 6.45) is 0. The average molecular weight is 303 g/mol. The molecule has 96 valence electrons. The molecule has 0 heterocycles. The van der Waals surface area contributed by atoms with Crippen molar-refractivity contribution in [1.82, 2.24) is 0 Å². The molecule has 1 rings (SSSR count). The van der Waals surface area contributed by atoms with Gasteiger partial charge in [0.25, 0.3) is 0 Å². The molecule has 17 heavy (non-hydrogen) atoms. The monoisotopic (exact) mass is 302 g/mol. The summed E-state index contributed by atoms with van der Waals surface area (Å²) in [6, 6.07) is 5.39. The zero-order valence-corrected chi connectivity index (χ0v) is 12.0. The number of benzene rings is 1. The summed E-state index contributed by atoms with van der Waals surface area (Å²) < 4.78 is 6.40. The number of aliphatic hydroxyl groups is 2.